The SMILES string of the molecule is O=C(CN1CCN(CC(=O)NC(=O)NCc2ccco2)CC1)NCc1ccccc1. The lowest BCUT2D eigenvalue weighted by Gasteiger charge is -2.33. The van der Waals surface area contributed by atoms with E-state index >= 15 is 0 Å². The summed E-state index contributed by atoms with van der Waals surface area (Å²) in [5.41, 5.74) is 1.06. The average Bonchev–Trinajstić information content (AvgIpc) is 3.27. The Morgan fingerprint density at radius 2 is 1.47 bits per heavy atom. The maximum atomic E-state index is 12.1. The minimum absolute atomic E-state index is 0.0155. The summed E-state index contributed by atoms with van der Waals surface area (Å²) in [4.78, 5) is 40.0. The van der Waals surface area contributed by atoms with Crippen molar-refractivity contribution in [2.24, 2.45) is 0 Å². The third-order valence-corrected chi connectivity index (χ3v) is 4.79. The molecule has 0 bridgehead atoms. The Morgan fingerprint density at radius 1 is 0.800 bits per heavy atom. The fourth-order valence-electron chi connectivity index (χ4n) is 3.16. The molecule has 1 fully saturated rings. The quantitative estimate of drug-likeness (QED) is 0.583. The third kappa shape index (κ3) is 7.34. The first-order valence-corrected chi connectivity index (χ1v) is 9.94. The van der Waals surface area contributed by atoms with Crippen molar-refractivity contribution in [3.63, 3.8) is 0 Å². The summed E-state index contributed by atoms with van der Waals surface area (Å²) in [7, 11) is 0. The molecule has 9 heteroatoms. The lowest BCUT2D eigenvalue weighted by atomic mass is 10.2. The minimum Gasteiger partial charge on any atom is -0.467 e. The van der Waals surface area contributed by atoms with E-state index in [0.717, 1.165) is 5.56 Å². The van der Waals surface area contributed by atoms with Gasteiger partial charge in [0.05, 0.1) is 25.9 Å². The van der Waals surface area contributed by atoms with Crippen LogP contribution < -0.4 is 16.0 Å². The van der Waals surface area contributed by atoms with Gasteiger partial charge < -0.3 is 15.1 Å². The van der Waals surface area contributed by atoms with Gasteiger partial charge >= 0.3 is 6.03 Å². The Labute approximate surface area is 175 Å². The molecule has 1 saturated heterocycles. The van der Waals surface area contributed by atoms with Crippen LogP contribution in [0.4, 0.5) is 4.79 Å². The monoisotopic (exact) mass is 413 g/mol. The van der Waals surface area contributed by atoms with E-state index in [4.69, 9.17) is 4.42 Å². The van der Waals surface area contributed by atoms with Crippen LogP contribution in [-0.4, -0.2) is 66.9 Å². The number of furan rings is 1. The summed E-state index contributed by atoms with van der Waals surface area (Å²) in [6.07, 6.45) is 1.52. The molecule has 2 aromatic rings. The minimum atomic E-state index is -0.551. The van der Waals surface area contributed by atoms with Gasteiger partial charge in [-0.2, -0.15) is 0 Å². The molecule has 1 aliphatic rings. The second kappa shape index (κ2) is 11.1. The maximum Gasteiger partial charge on any atom is 0.321 e. The van der Waals surface area contributed by atoms with Crippen molar-refractivity contribution in [3.05, 3.63) is 60.1 Å². The van der Waals surface area contributed by atoms with Crippen LogP contribution in [0.1, 0.15) is 11.3 Å². The van der Waals surface area contributed by atoms with Gasteiger partial charge in [-0.25, -0.2) is 4.79 Å². The number of hydrogen-bond donors (Lipinski definition) is 3. The molecular formula is C21H27N5O4. The van der Waals surface area contributed by atoms with E-state index in [1.54, 1.807) is 12.1 Å². The lowest BCUT2D eigenvalue weighted by Crippen LogP contribution is -2.52. The van der Waals surface area contributed by atoms with Crippen molar-refractivity contribution in [2.75, 3.05) is 39.3 Å². The van der Waals surface area contributed by atoms with Gasteiger partial charge in [0.25, 0.3) is 0 Å². The highest BCUT2D eigenvalue weighted by Gasteiger charge is 2.21. The van der Waals surface area contributed by atoms with Crippen molar-refractivity contribution < 1.29 is 18.8 Å². The molecule has 0 saturated carbocycles. The molecule has 3 N–H and O–H groups in total. The molecule has 3 rings (SSSR count). The summed E-state index contributed by atoms with van der Waals surface area (Å²) >= 11 is 0. The van der Waals surface area contributed by atoms with Gasteiger partial charge in [0.15, 0.2) is 0 Å². The van der Waals surface area contributed by atoms with Crippen LogP contribution in [0.3, 0.4) is 0 Å². The average molecular weight is 413 g/mol. The fourth-order valence-corrected chi connectivity index (χ4v) is 3.16. The number of carbonyl (C=O) groups is 3. The molecule has 4 amide bonds. The van der Waals surface area contributed by atoms with Gasteiger partial charge in [-0.15, -0.1) is 0 Å². The second-order valence-corrected chi connectivity index (χ2v) is 7.12. The van der Waals surface area contributed by atoms with Crippen LogP contribution >= 0.6 is 0 Å². The fraction of sp³-hybridized carbons (Fsp3) is 0.381. The van der Waals surface area contributed by atoms with Crippen molar-refractivity contribution in [2.45, 2.75) is 13.1 Å². The van der Waals surface area contributed by atoms with Crippen LogP contribution in [0.2, 0.25) is 0 Å². The van der Waals surface area contributed by atoms with Gasteiger partial charge in [0, 0.05) is 32.7 Å². The Hall–Kier alpha value is -3.17. The number of urea groups is 1. The molecule has 30 heavy (non-hydrogen) atoms. The normalized spacial score (nSPS) is 14.8. The molecule has 1 aliphatic heterocycles. The number of piperazine rings is 1. The van der Waals surface area contributed by atoms with E-state index in [-0.39, 0.29) is 24.9 Å². The summed E-state index contributed by atoms with van der Waals surface area (Å²) < 4.78 is 5.12. The molecule has 0 radical (unpaired) electrons. The highest BCUT2D eigenvalue weighted by Crippen LogP contribution is 2.02. The largest absolute Gasteiger partial charge is 0.467 e. The summed E-state index contributed by atoms with van der Waals surface area (Å²) in [5, 5.41) is 7.81. The standard InChI is InChI=1S/C21H27N5O4/c27-19(22-13-17-5-2-1-3-6-17)15-25-8-10-26(11-9-25)16-20(28)24-21(29)23-14-18-7-4-12-30-18/h1-7,12H,8-11,13-16H2,(H,22,27)(H2,23,24,28,29). The zero-order chi connectivity index (χ0) is 21.2. The topological polar surface area (TPSA) is 107 Å². The summed E-state index contributed by atoms with van der Waals surface area (Å²) in [6, 6.07) is 12.7. The highest BCUT2D eigenvalue weighted by atomic mass is 16.3. The zero-order valence-corrected chi connectivity index (χ0v) is 16.8. The number of benzene rings is 1. The van der Waals surface area contributed by atoms with Crippen molar-refractivity contribution >= 4 is 17.8 Å². The number of hydrogen-bond acceptors (Lipinski definition) is 6. The van der Waals surface area contributed by atoms with Gasteiger partial charge in [0.2, 0.25) is 11.8 Å². The number of nitrogens with zero attached hydrogens (tertiary/aromatic N) is 2. The molecule has 0 atom stereocenters. The van der Waals surface area contributed by atoms with E-state index in [9.17, 15) is 14.4 Å². The molecule has 160 valence electrons. The Morgan fingerprint density at radius 3 is 2.10 bits per heavy atom. The molecule has 0 spiro atoms. The number of amides is 4. The Bertz CT molecular complexity index is 817. The molecular weight excluding hydrogens is 386 g/mol. The van der Waals surface area contributed by atoms with E-state index in [1.807, 2.05) is 35.2 Å². The zero-order valence-electron chi connectivity index (χ0n) is 16.8. The highest BCUT2D eigenvalue weighted by molar-refractivity contribution is 5.95. The van der Waals surface area contributed by atoms with E-state index < -0.39 is 6.03 Å². The summed E-state index contributed by atoms with van der Waals surface area (Å²) in [5.74, 6) is 0.237. The number of imide groups is 1. The van der Waals surface area contributed by atoms with Crippen molar-refractivity contribution in [3.8, 4) is 0 Å². The van der Waals surface area contributed by atoms with Gasteiger partial charge in [-0.05, 0) is 17.7 Å². The molecule has 1 aromatic carbocycles. The van der Waals surface area contributed by atoms with E-state index in [0.29, 0.717) is 45.0 Å². The van der Waals surface area contributed by atoms with Gasteiger partial charge in [-0.1, -0.05) is 30.3 Å². The number of rotatable bonds is 8. The van der Waals surface area contributed by atoms with Crippen LogP contribution in [0.25, 0.3) is 0 Å². The Kier molecular flexibility index (Phi) is 7.99. The van der Waals surface area contributed by atoms with Crippen LogP contribution in [-0.2, 0) is 22.7 Å². The molecule has 2 heterocycles. The smallest absolute Gasteiger partial charge is 0.321 e. The molecule has 0 aliphatic carbocycles. The lowest BCUT2D eigenvalue weighted by molar-refractivity contribution is -0.124. The first kappa shape index (κ1) is 21.5. The first-order chi connectivity index (χ1) is 14.6. The third-order valence-electron chi connectivity index (χ3n) is 4.79. The van der Waals surface area contributed by atoms with Crippen LogP contribution in [0.5, 0.6) is 0 Å². The molecule has 0 unspecified atom stereocenters. The second-order valence-electron chi connectivity index (χ2n) is 7.12. The van der Waals surface area contributed by atoms with Crippen LogP contribution in [0.15, 0.2) is 53.1 Å². The van der Waals surface area contributed by atoms with Crippen LogP contribution in [0, 0.1) is 0 Å². The first-order valence-electron chi connectivity index (χ1n) is 9.94. The van der Waals surface area contributed by atoms with E-state index in [1.165, 1.54) is 6.26 Å². The van der Waals surface area contributed by atoms with Gasteiger partial charge in [0.1, 0.15) is 5.76 Å². The van der Waals surface area contributed by atoms with E-state index in [2.05, 4.69) is 20.9 Å². The maximum absolute atomic E-state index is 12.1. The number of carbonyl (C=O) groups excluding carboxylic acids is 3. The van der Waals surface area contributed by atoms with Gasteiger partial charge in [-0.3, -0.25) is 24.7 Å². The predicted molar refractivity (Wildman–Crippen MR) is 110 cm³/mol. The Balaban J connectivity index is 1.28. The predicted octanol–water partition coefficient (Wildman–Crippen LogP) is 0.539. The summed E-state index contributed by atoms with van der Waals surface area (Å²) in [6.45, 7) is 3.91. The molecule has 1 aromatic heterocycles. The van der Waals surface area contributed by atoms with Crippen molar-refractivity contribution in [1.82, 2.24) is 25.8 Å². The molecule has 9 nitrogen and oxygen atoms in total. The van der Waals surface area contributed by atoms with Crippen molar-refractivity contribution in [1.29, 1.82) is 0 Å². The number of nitrogens with one attached hydrogen (secondary N) is 3.